The number of aromatic amines is 1. The molecule has 0 saturated carbocycles. The minimum absolute atomic E-state index is 0.00534. The first kappa shape index (κ1) is 16.1. The number of para-hydroxylation sites is 1. The quantitative estimate of drug-likeness (QED) is 0.886. The summed E-state index contributed by atoms with van der Waals surface area (Å²) in [6, 6.07) is 7.67. The van der Waals surface area contributed by atoms with Crippen LogP contribution in [0.25, 0.3) is 10.9 Å². The van der Waals surface area contributed by atoms with E-state index in [0.717, 1.165) is 44.5 Å². The van der Waals surface area contributed by atoms with Crippen molar-refractivity contribution in [2.24, 2.45) is 0 Å². The van der Waals surface area contributed by atoms with E-state index < -0.39 is 0 Å². The minimum atomic E-state index is -0.0973. The second kappa shape index (κ2) is 6.48. The summed E-state index contributed by atoms with van der Waals surface area (Å²) in [5, 5.41) is 3.49. The van der Waals surface area contributed by atoms with Crippen LogP contribution in [-0.2, 0) is 0 Å². The third kappa shape index (κ3) is 3.00. The molecule has 3 heterocycles. The summed E-state index contributed by atoms with van der Waals surface area (Å²) in [5.74, 6) is 0.690. The average molecular weight is 341 g/mol. The number of amides is 2. The molecule has 132 valence electrons. The first-order chi connectivity index (χ1) is 12.1. The molecule has 4 rings (SSSR count). The van der Waals surface area contributed by atoms with Crippen molar-refractivity contribution >= 4 is 16.9 Å². The lowest BCUT2D eigenvalue weighted by Gasteiger charge is -2.39. The lowest BCUT2D eigenvalue weighted by atomic mass is 10.0. The number of benzene rings is 1. The van der Waals surface area contributed by atoms with Crippen LogP contribution >= 0.6 is 0 Å². The minimum Gasteiger partial charge on any atom is -0.336 e. The van der Waals surface area contributed by atoms with Crippen molar-refractivity contribution in [3.63, 3.8) is 0 Å². The van der Waals surface area contributed by atoms with Crippen LogP contribution in [0.4, 0.5) is 4.79 Å². The summed E-state index contributed by atoms with van der Waals surface area (Å²) in [5.41, 5.74) is 0.625. The van der Waals surface area contributed by atoms with Crippen molar-refractivity contribution in [3.8, 4) is 0 Å². The molecule has 0 aliphatic carbocycles. The van der Waals surface area contributed by atoms with Gasteiger partial charge in [-0.2, -0.15) is 0 Å². The molecule has 1 aromatic heterocycles. The number of fused-ring (bicyclic) bond motifs is 1. The Morgan fingerprint density at radius 2 is 2.08 bits per heavy atom. The summed E-state index contributed by atoms with van der Waals surface area (Å²) in [7, 11) is 0. The Balaban J connectivity index is 1.57. The maximum atomic E-state index is 12.3. The topological polar surface area (TPSA) is 81.3 Å². The molecule has 2 amide bonds. The van der Waals surface area contributed by atoms with E-state index in [0.29, 0.717) is 11.2 Å². The van der Waals surface area contributed by atoms with Crippen LogP contribution in [0.3, 0.4) is 0 Å². The number of rotatable bonds is 3. The molecule has 2 aliphatic rings. The molecule has 0 bridgehead atoms. The molecule has 2 aliphatic heterocycles. The molecule has 2 fully saturated rings. The normalized spacial score (nSPS) is 23.0. The Labute approximate surface area is 146 Å². The van der Waals surface area contributed by atoms with Crippen LogP contribution in [0.2, 0.25) is 0 Å². The van der Waals surface area contributed by atoms with Gasteiger partial charge >= 0.3 is 6.03 Å². The van der Waals surface area contributed by atoms with Crippen molar-refractivity contribution in [3.05, 3.63) is 40.4 Å². The SMILES string of the molecule is CC(c1nc2ccccc2c(=O)[nH]1)N1CCCC(N2CCNC2=O)C1. The monoisotopic (exact) mass is 341 g/mol. The van der Waals surface area contributed by atoms with Crippen molar-refractivity contribution < 1.29 is 4.79 Å². The van der Waals surface area contributed by atoms with Gasteiger partial charge in [0.05, 0.1) is 16.9 Å². The summed E-state index contributed by atoms with van der Waals surface area (Å²) < 4.78 is 0. The van der Waals surface area contributed by atoms with E-state index in [1.54, 1.807) is 6.07 Å². The van der Waals surface area contributed by atoms with E-state index >= 15 is 0 Å². The molecular weight excluding hydrogens is 318 g/mol. The van der Waals surface area contributed by atoms with Crippen molar-refractivity contribution in [2.45, 2.75) is 31.8 Å². The molecule has 2 aromatic rings. The standard InChI is InChI=1S/C18H23N5O2/c1-12(16-20-15-7-3-2-6-14(15)17(24)21-16)22-9-4-5-13(11-22)23-10-8-19-18(23)25/h2-3,6-7,12-13H,4-5,8-11H2,1H3,(H,19,25)(H,20,21,24). The van der Waals surface area contributed by atoms with E-state index in [-0.39, 0.29) is 23.7 Å². The van der Waals surface area contributed by atoms with Crippen LogP contribution < -0.4 is 10.9 Å². The summed E-state index contributed by atoms with van der Waals surface area (Å²) >= 11 is 0. The maximum absolute atomic E-state index is 12.3. The highest BCUT2D eigenvalue weighted by Crippen LogP contribution is 2.25. The van der Waals surface area contributed by atoms with Gasteiger partial charge in [-0.1, -0.05) is 12.1 Å². The van der Waals surface area contributed by atoms with Gasteiger partial charge in [0.15, 0.2) is 0 Å². The molecule has 2 atom stereocenters. The number of urea groups is 1. The molecule has 7 nitrogen and oxygen atoms in total. The number of nitrogens with one attached hydrogen (secondary N) is 2. The fraction of sp³-hybridized carbons (Fsp3) is 0.500. The summed E-state index contributed by atoms with van der Waals surface area (Å²) in [6.07, 6.45) is 2.06. The van der Waals surface area contributed by atoms with Crippen molar-refractivity contribution in [2.75, 3.05) is 26.2 Å². The Kier molecular flexibility index (Phi) is 4.17. The first-order valence-electron chi connectivity index (χ1n) is 8.91. The van der Waals surface area contributed by atoms with Gasteiger partial charge in [0.25, 0.3) is 5.56 Å². The molecule has 2 N–H and O–H groups in total. The van der Waals surface area contributed by atoms with E-state index in [1.165, 1.54) is 0 Å². The van der Waals surface area contributed by atoms with Gasteiger partial charge in [-0.3, -0.25) is 9.69 Å². The molecule has 7 heteroatoms. The van der Waals surface area contributed by atoms with E-state index in [2.05, 4.69) is 27.1 Å². The Hall–Kier alpha value is -2.41. The van der Waals surface area contributed by atoms with E-state index in [4.69, 9.17) is 0 Å². The van der Waals surface area contributed by atoms with Crippen LogP contribution in [0.5, 0.6) is 0 Å². The molecule has 1 aromatic carbocycles. The Morgan fingerprint density at radius 1 is 1.24 bits per heavy atom. The van der Waals surface area contributed by atoms with Gasteiger partial charge < -0.3 is 15.2 Å². The fourth-order valence-corrected chi connectivity index (χ4v) is 3.90. The van der Waals surface area contributed by atoms with Gasteiger partial charge in [0.1, 0.15) is 5.82 Å². The highest BCUT2D eigenvalue weighted by Gasteiger charge is 2.33. The lowest BCUT2D eigenvalue weighted by molar-refractivity contribution is 0.0973. The van der Waals surface area contributed by atoms with Gasteiger partial charge in [-0.05, 0) is 38.4 Å². The summed E-state index contributed by atoms with van der Waals surface area (Å²) in [4.78, 5) is 36.1. The fourth-order valence-electron chi connectivity index (χ4n) is 3.90. The third-order valence-electron chi connectivity index (χ3n) is 5.33. The van der Waals surface area contributed by atoms with E-state index in [9.17, 15) is 9.59 Å². The number of piperidine rings is 1. The number of aromatic nitrogens is 2. The van der Waals surface area contributed by atoms with Crippen molar-refractivity contribution in [1.29, 1.82) is 0 Å². The van der Waals surface area contributed by atoms with Crippen molar-refractivity contribution in [1.82, 2.24) is 25.1 Å². The second-order valence-electron chi connectivity index (χ2n) is 6.86. The van der Waals surface area contributed by atoms with Gasteiger partial charge in [0.2, 0.25) is 0 Å². The molecule has 25 heavy (non-hydrogen) atoms. The number of carbonyl (C=O) groups is 1. The Morgan fingerprint density at radius 3 is 2.88 bits per heavy atom. The van der Waals surface area contributed by atoms with Crippen LogP contribution in [-0.4, -0.2) is 58.0 Å². The predicted octanol–water partition coefficient (Wildman–Crippen LogP) is 1.47. The number of likely N-dealkylation sites (tertiary alicyclic amines) is 1. The summed E-state index contributed by atoms with van der Waals surface area (Å²) in [6.45, 7) is 5.33. The van der Waals surface area contributed by atoms with Gasteiger partial charge in [0, 0.05) is 25.7 Å². The third-order valence-corrected chi connectivity index (χ3v) is 5.33. The zero-order chi connectivity index (χ0) is 17.4. The highest BCUT2D eigenvalue weighted by molar-refractivity contribution is 5.77. The predicted molar refractivity (Wildman–Crippen MR) is 95.5 cm³/mol. The molecule has 2 saturated heterocycles. The first-order valence-corrected chi connectivity index (χ1v) is 8.91. The number of hydrogen-bond donors (Lipinski definition) is 2. The zero-order valence-electron chi connectivity index (χ0n) is 14.4. The van der Waals surface area contributed by atoms with Crippen LogP contribution in [0.15, 0.2) is 29.1 Å². The zero-order valence-corrected chi connectivity index (χ0v) is 14.4. The molecular formula is C18H23N5O2. The molecule has 0 spiro atoms. The smallest absolute Gasteiger partial charge is 0.317 e. The second-order valence-corrected chi connectivity index (χ2v) is 6.86. The van der Waals surface area contributed by atoms with Crippen LogP contribution in [0, 0.1) is 0 Å². The van der Waals surface area contributed by atoms with E-state index in [1.807, 2.05) is 23.1 Å². The maximum Gasteiger partial charge on any atom is 0.317 e. The number of carbonyl (C=O) groups excluding carboxylic acids is 1. The van der Waals surface area contributed by atoms with Crippen LogP contribution in [0.1, 0.15) is 31.6 Å². The van der Waals surface area contributed by atoms with Gasteiger partial charge in [-0.25, -0.2) is 9.78 Å². The molecule has 2 unspecified atom stereocenters. The largest absolute Gasteiger partial charge is 0.336 e. The number of hydrogen-bond acceptors (Lipinski definition) is 4. The average Bonchev–Trinajstić information content (AvgIpc) is 3.07. The Bertz CT molecular complexity index is 849. The highest BCUT2D eigenvalue weighted by atomic mass is 16.2. The molecule has 0 radical (unpaired) electrons. The number of H-pyrrole nitrogens is 1. The lowest BCUT2D eigenvalue weighted by Crippen LogP contribution is -2.49. The number of nitrogens with zero attached hydrogens (tertiary/aromatic N) is 3. The van der Waals surface area contributed by atoms with Gasteiger partial charge in [-0.15, -0.1) is 0 Å².